The van der Waals surface area contributed by atoms with Gasteiger partial charge in [-0.3, -0.25) is 4.79 Å². The number of fused-ring (bicyclic) bond motifs is 4. The van der Waals surface area contributed by atoms with Crippen LogP contribution in [-0.2, 0) is 10.5 Å². The lowest BCUT2D eigenvalue weighted by Gasteiger charge is -2.51. The SMILES string of the molecule is COc1ccc([C@@H]2c3ccccc3O[C@@]3(NC(C)=O)c4ccccc4OC[C@@H]23)cc1. The van der Waals surface area contributed by atoms with E-state index in [1.807, 2.05) is 54.6 Å². The molecule has 1 amide bonds. The summed E-state index contributed by atoms with van der Waals surface area (Å²) in [6.07, 6.45) is 0. The van der Waals surface area contributed by atoms with E-state index in [-0.39, 0.29) is 17.7 Å². The van der Waals surface area contributed by atoms with Crippen molar-refractivity contribution in [3.8, 4) is 17.2 Å². The van der Waals surface area contributed by atoms with Crippen LogP contribution in [0.3, 0.4) is 0 Å². The van der Waals surface area contributed by atoms with Crippen LogP contribution in [0.2, 0.25) is 0 Å². The highest BCUT2D eigenvalue weighted by Gasteiger charge is 2.56. The minimum Gasteiger partial charge on any atom is -0.497 e. The number of benzene rings is 3. The molecule has 5 rings (SSSR count). The maximum atomic E-state index is 12.4. The van der Waals surface area contributed by atoms with Gasteiger partial charge < -0.3 is 19.5 Å². The molecule has 5 nitrogen and oxygen atoms in total. The number of ether oxygens (including phenoxy) is 3. The molecule has 30 heavy (non-hydrogen) atoms. The van der Waals surface area contributed by atoms with E-state index in [1.165, 1.54) is 6.92 Å². The summed E-state index contributed by atoms with van der Waals surface area (Å²) in [5.41, 5.74) is 2.02. The molecule has 3 aromatic carbocycles. The Morgan fingerprint density at radius 3 is 2.43 bits per heavy atom. The zero-order valence-electron chi connectivity index (χ0n) is 16.9. The van der Waals surface area contributed by atoms with Crippen molar-refractivity contribution in [2.24, 2.45) is 5.92 Å². The molecular weight excluding hydrogens is 378 g/mol. The first-order valence-electron chi connectivity index (χ1n) is 10.1. The fourth-order valence-electron chi connectivity index (χ4n) is 4.75. The molecule has 0 spiro atoms. The van der Waals surface area contributed by atoms with Crippen molar-refractivity contribution in [2.45, 2.75) is 18.6 Å². The molecule has 0 aromatic heterocycles. The van der Waals surface area contributed by atoms with E-state index in [2.05, 4.69) is 23.5 Å². The molecule has 0 saturated heterocycles. The summed E-state index contributed by atoms with van der Waals surface area (Å²) >= 11 is 0. The molecule has 152 valence electrons. The number of nitrogens with one attached hydrogen (secondary N) is 1. The highest BCUT2D eigenvalue weighted by atomic mass is 16.5. The molecule has 2 aliphatic heterocycles. The van der Waals surface area contributed by atoms with Gasteiger partial charge in [0.2, 0.25) is 11.6 Å². The summed E-state index contributed by atoms with van der Waals surface area (Å²) in [7, 11) is 1.66. The Hall–Kier alpha value is -3.47. The van der Waals surface area contributed by atoms with Gasteiger partial charge in [-0.15, -0.1) is 0 Å². The van der Waals surface area contributed by atoms with Crippen LogP contribution >= 0.6 is 0 Å². The molecule has 5 heteroatoms. The Kier molecular flexibility index (Phi) is 4.39. The van der Waals surface area contributed by atoms with E-state index in [4.69, 9.17) is 14.2 Å². The number of methoxy groups -OCH3 is 1. The fraction of sp³-hybridized carbons (Fsp3) is 0.240. The van der Waals surface area contributed by atoms with Gasteiger partial charge in [0, 0.05) is 18.4 Å². The van der Waals surface area contributed by atoms with Crippen LogP contribution < -0.4 is 19.5 Å². The van der Waals surface area contributed by atoms with Gasteiger partial charge in [-0.05, 0) is 35.9 Å². The first kappa shape index (κ1) is 18.6. The number of carbonyl (C=O) groups is 1. The summed E-state index contributed by atoms with van der Waals surface area (Å²) in [5.74, 6) is 1.97. The van der Waals surface area contributed by atoms with E-state index >= 15 is 0 Å². The average Bonchev–Trinajstić information content (AvgIpc) is 2.77. The van der Waals surface area contributed by atoms with Gasteiger partial charge in [-0.1, -0.05) is 42.5 Å². The Bertz CT molecular complexity index is 1090. The van der Waals surface area contributed by atoms with Crippen LogP contribution in [0.25, 0.3) is 0 Å². The minimum atomic E-state index is -1.01. The topological polar surface area (TPSA) is 56.8 Å². The van der Waals surface area contributed by atoms with E-state index in [9.17, 15) is 4.79 Å². The van der Waals surface area contributed by atoms with Crippen molar-refractivity contribution in [1.29, 1.82) is 0 Å². The smallest absolute Gasteiger partial charge is 0.220 e. The van der Waals surface area contributed by atoms with Crippen molar-refractivity contribution in [1.82, 2.24) is 5.32 Å². The van der Waals surface area contributed by atoms with Crippen LogP contribution in [0, 0.1) is 5.92 Å². The van der Waals surface area contributed by atoms with Gasteiger partial charge in [-0.25, -0.2) is 0 Å². The lowest BCUT2D eigenvalue weighted by Crippen LogP contribution is -2.61. The highest BCUT2D eigenvalue weighted by Crippen LogP contribution is 2.54. The Morgan fingerprint density at radius 2 is 1.70 bits per heavy atom. The van der Waals surface area contributed by atoms with Gasteiger partial charge in [0.15, 0.2) is 0 Å². The van der Waals surface area contributed by atoms with Crippen LogP contribution in [0.5, 0.6) is 17.2 Å². The zero-order valence-corrected chi connectivity index (χ0v) is 16.9. The molecule has 0 bridgehead atoms. The molecule has 0 saturated carbocycles. The van der Waals surface area contributed by atoms with E-state index < -0.39 is 5.72 Å². The number of amides is 1. The summed E-state index contributed by atoms with van der Waals surface area (Å²) in [4.78, 5) is 12.4. The molecule has 0 fully saturated rings. The number of rotatable bonds is 3. The fourth-order valence-corrected chi connectivity index (χ4v) is 4.75. The standard InChI is InChI=1S/C25H23NO4/c1-16(27)26-25-20-8-4-6-10-23(20)29-15-21(25)24(17-11-13-18(28-2)14-12-17)19-7-3-5-9-22(19)30-25/h3-14,21,24H,15H2,1-2H3,(H,26,27)/t21-,24+,25-/m0/s1. The third-order valence-corrected chi connectivity index (χ3v) is 5.99. The monoisotopic (exact) mass is 401 g/mol. The molecular formula is C25H23NO4. The van der Waals surface area contributed by atoms with Crippen LogP contribution in [0.15, 0.2) is 72.8 Å². The van der Waals surface area contributed by atoms with Gasteiger partial charge in [0.05, 0.1) is 25.2 Å². The van der Waals surface area contributed by atoms with Crippen molar-refractivity contribution in [3.63, 3.8) is 0 Å². The maximum absolute atomic E-state index is 12.4. The maximum Gasteiger partial charge on any atom is 0.220 e. The second-order valence-corrected chi connectivity index (χ2v) is 7.72. The minimum absolute atomic E-state index is 0.0268. The Labute approximate surface area is 175 Å². The average molecular weight is 401 g/mol. The third-order valence-electron chi connectivity index (χ3n) is 5.99. The summed E-state index contributed by atoms with van der Waals surface area (Å²) < 4.78 is 18.1. The quantitative estimate of drug-likeness (QED) is 0.714. The first-order valence-corrected chi connectivity index (χ1v) is 10.1. The largest absolute Gasteiger partial charge is 0.497 e. The number of hydrogen-bond donors (Lipinski definition) is 1. The summed E-state index contributed by atoms with van der Waals surface area (Å²) in [6.45, 7) is 1.94. The molecule has 1 N–H and O–H groups in total. The third kappa shape index (κ3) is 2.81. The normalized spacial score (nSPS) is 23.7. The predicted molar refractivity (Wildman–Crippen MR) is 113 cm³/mol. The van der Waals surface area contributed by atoms with Gasteiger partial charge in [-0.2, -0.15) is 0 Å². The second kappa shape index (κ2) is 7.10. The summed E-state index contributed by atoms with van der Waals surface area (Å²) in [5, 5.41) is 3.15. The Balaban J connectivity index is 1.74. The second-order valence-electron chi connectivity index (χ2n) is 7.72. The van der Waals surface area contributed by atoms with Crippen molar-refractivity contribution in [2.75, 3.05) is 13.7 Å². The van der Waals surface area contributed by atoms with Crippen molar-refractivity contribution >= 4 is 5.91 Å². The van der Waals surface area contributed by atoms with E-state index in [0.717, 1.165) is 33.9 Å². The van der Waals surface area contributed by atoms with Crippen molar-refractivity contribution < 1.29 is 19.0 Å². The van der Waals surface area contributed by atoms with Crippen LogP contribution in [0.4, 0.5) is 0 Å². The lowest BCUT2D eigenvalue weighted by atomic mass is 9.70. The molecule has 0 aliphatic carbocycles. The number of carbonyl (C=O) groups excluding carboxylic acids is 1. The van der Waals surface area contributed by atoms with E-state index in [0.29, 0.717) is 6.61 Å². The summed E-state index contributed by atoms with van der Waals surface area (Å²) in [6, 6.07) is 23.9. The first-order chi connectivity index (χ1) is 14.6. The van der Waals surface area contributed by atoms with Gasteiger partial charge in [0.1, 0.15) is 17.2 Å². The van der Waals surface area contributed by atoms with Gasteiger partial charge >= 0.3 is 0 Å². The highest BCUT2D eigenvalue weighted by molar-refractivity contribution is 5.74. The molecule has 3 aromatic rings. The molecule has 2 heterocycles. The lowest BCUT2D eigenvalue weighted by molar-refractivity contribution is -0.135. The molecule has 2 aliphatic rings. The predicted octanol–water partition coefficient (Wildman–Crippen LogP) is 4.22. The van der Waals surface area contributed by atoms with Gasteiger partial charge in [0.25, 0.3) is 0 Å². The Morgan fingerprint density at radius 1 is 1.00 bits per heavy atom. The number of para-hydroxylation sites is 2. The molecule has 0 radical (unpaired) electrons. The molecule has 3 atom stereocenters. The van der Waals surface area contributed by atoms with Crippen LogP contribution in [-0.4, -0.2) is 19.6 Å². The number of hydrogen-bond acceptors (Lipinski definition) is 4. The van der Waals surface area contributed by atoms with Crippen LogP contribution in [0.1, 0.15) is 29.5 Å². The zero-order chi connectivity index (χ0) is 20.7. The van der Waals surface area contributed by atoms with Crippen molar-refractivity contribution in [3.05, 3.63) is 89.5 Å². The molecule has 0 unspecified atom stereocenters. The van der Waals surface area contributed by atoms with E-state index in [1.54, 1.807) is 7.11 Å².